The Bertz CT molecular complexity index is 478. The smallest absolute Gasteiger partial charge is 0.400 e. The molecule has 0 aliphatic rings. The molecule has 0 spiro atoms. The van der Waals surface area contributed by atoms with Gasteiger partial charge in [-0.05, 0) is 9.91 Å². The zero-order valence-corrected chi connectivity index (χ0v) is 8.32. The van der Waals surface area contributed by atoms with Gasteiger partial charge in [-0.15, -0.1) is 0 Å². The third kappa shape index (κ3) is 2.32. The predicted molar refractivity (Wildman–Crippen MR) is 47.1 cm³/mol. The molecule has 1 heterocycles. The highest BCUT2D eigenvalue weighted by atomic mass is 19.3. The summed E-state index contributed by atoms with van der Waals surface area (Å²) in [6.07, 6.45) is -2.92. The molecule has 0 aliphatic heterocycles. The van der Waals surface area contributed by atoms with E-state index in [0.29, 0.717) is 6.20 Å². The molecule has 0 N–H and O–H groups in total. The summed E-state index contributed by atoms with van der Waals surface area (Å²) in [5.41, 5.74) is -2.23. The van der Waals surface area contributed by atoms with Crippen molar-refractivity contribution in [2.45, 2.75) is 6.43 Å². The van der Waals surface area contributed by atoms with Crippen LogP contribution in [0.1, 0.15) is 22.3 Å². The quantitative estimate of drug-likeness (QED) is 0.464. The second kappa shape index (κ2) is 4.76. The molecule has 0 aliphatic carbocycles. The molecule has 0 amide bonds. The summed E-state index contributed by atoms with van der Waals surface area (Å²) >= 11 is 0. The molecule has 0 saturated heterocycles. The number of aromatic nitrogens is 1. The number of nitrogens with zero attached hydrogens (tertiary/aromatic N) is 2. The highest BCUT2D eigenvalue weighted by Crippen LogP contribution is 2.30. The van der Waals surface area contributed by atoms with Crippen LogP contribution in [0.15, 0.2) is 6.20 Å². The Labute approximate surface area is 92.2 Å². The molecule has 0 fully saturated rings. The van der Waals surface area contributed by atoms with Gasteiger partial charge in [0, 0.05) is 0 Å². The number of hydrogen-bond acceptors (Lipinski definition) is 5. The number of halogens is 3. The summed E-state index contributed by atoms with van der Waals surface area (Å²) < 4.78 is 42.5. The second-order valence-electron chi connectivity index (χ2n) is 2.77. The Kier molecular flexibility index (Phi) is 3.61. The maximum absolute atomic E-state index is 13.3. The van der Waals surface area contributed by atoms with Crippen LogP contribution in [-0.2, 0) is 4.74 Å². The molecule has 17 heavy (non-hydrogen) atoms. The minimum absolute atomic E-state index is 0.481. The van der Waals surface area contributed by atoms with Gasteiger partial charge in [0.15, 0.2) is 6.20 Å². The first-order valence-electron chi connectivity index (χ1n) is 4.09. The molecule has 0 unspecified atom stereocenters. The van der Waals surface area contributed by atoms with E-state index in [1.54, 1.807) is 0 Å². The van der Waals surface area contributed by atoms with Crippen molar-refractivity contribution < 1.29 is 27.6 Å². The van der Waals surface area contributed by atoms with Gasteiger partial charge in [0.05, 0.1) is 12.7 Å². The number of rotatable bonds is 3. The summed E-state index contributed by atoms with van der Waals surface area (Å²) in [5.74, 6) is -4.46. The predicted octanol–water partition coefficient (Wildman–Crippen LogP) is 1.85. The fourth-order valence-corrected chi connectivity index (χ4v) is 1.10. The molecule has 1 rings (SSSR count). The van der Waals surface area contributed by atoms with Crippen LogP contribution >= 0.6 is 0 Å². The lowest BCUT2D eigenvalue weighted by atomic mass is 10.1. The topological polar surface area (TPSA) is 82.3 Å². The monoisotopic (exact) mass is 250 g/mol. The van der Waals surface area contributed by atoms with Crippen molar-refractivity contribution in [3.05, 3.63) is 33.3 Å². The van der Waals surface area contributed by atoms with E-state index in [2.05, 4.69) is 9.72 Å². The number of hydrogen-bond donors (Lipinski definition) is 0. The first-order valence-corrected chi connectivity index (χ1v) is 4.09. The van der Waals surface area contributed by atoms with Crippen LogP contribution in [0.25, 0.3) is 0 Å². The zero-order chi connectivity index (χ0) is 13.2. The van der Waals surface area contributed by atoms with E-state index in [0.717, 1.165) is 7.11 Å². The lowest BCUT2D eigenvalue weighted by Gasteiger charge is -2.06. The van der Waals surface area contributed by atoms with Crippen molar-refractivity contribution in [3.8, 4) is 0 Å². The maximum atomic E-state index is 13.3. The Balaban J connectivity index is 3.50. The van der Waals surface area contributed by atoms with Crippen LogP contribution in [0.3, 0.4) is 0 Å². The van der Waals surface area contributed by atoms with Crippen molar-refractivity contribution in [1.29, 1.82) is 0 Å². The van der Waals surface area contributed by atoms with E-state index in [4.69, 9.17) is 0 Å². The number of pyridine rings is 1. The van der Waals surface area contributed by atoms with Crippen LogP contribution in [0.4, 0.5) is 19.0 Å². The third-order valence-electron chi connectivity index (χ3n) is 1.84. The molecule has 0 aromatic carbocycles. The van der Waals surface area contributed by atoms with Gasteiger partial charge in [-0.25, -0.2) is 13.6 Å². The van der Waals surface area contributed by atoms with Gasteiger partial charge in [-0.3, -0.25) is 0 Å². The number of esters is 1. The molecule has 9 heteroatoms. The minimum Gasteiger partial charge on any atom is -0.465 e. The zero-order valence-electron chi connectivity index (χ0n) is 8.32. The van der Waals surface area contributed by atoms with E-state index in [9.17, 15) is 28.1 Å². The molecule has 0 radical (unpaired) electrons. The van der Waals surface area contributed by atoms with Crippen LogP contribution in [0.2, 0.25) is 0 Å². The van der Waals surface area contributed by atoms with E-state index in [1.165, 1.54) is 0 Å². The highest BCUT2D eigenvalue weighted by Gasteiger charge is 2.31. The largest absolute Gasteiger partial charge is 0.465 e. The SMILES string of the molecule is COC(=O)c1cnc([N+](=O)[O-])c(F)c1C(F)F. The molecule has 1 aromatic rings. The van der Waals surface area contributed by atoms with Gasteiger partial charge in [-0.1, -0.05) is 0 Å². The fraction of sp³-hybridized carbons (Fsp3) is 0.250. The molecule has 0 bridgehead atoms. The van der Waals surface area contributed by atoms with Gasteiger partial charge in [0.1, 0.15) is 5.56 Å². The summed E-state index contributed by atoms with van der Waals surface area (Å²) in [6.45, 7) is 0. The summed E-state index contributed by atoms with van der Waals surface area (Å²) in [4.78, 5) is 23.0. The molecule has 1 aromatic heterocycles. The Hall–Kier alpha value is -2.19. The number of ether oxygens (including phenoxy) is 1. The van der Waals surface area contributed by atoms with Crippen molar-refractivity contribution in [2.75, 3.05) is 7.11 Å². The average molecular weight is 250 g/mol. The first-order chi connectivity index (χ1) is 7.90. The average Bonchev–Trinajstić information content (AvgIpc) is 2.26. The highest BCUT2D eigenvalue weighted by molar-refractivity contribution is 5.91. The van der Waals surface area contributed by atoms with Gasteiger partial charge < -0.3 is 14.9 Å². The van der Waals surface area contributed by atoms with E-state index >= 15 is 0 Å². The van der Waals surface area contributed by atoms with Gasteiger partial charge in [0.2, 0.25) is 5.82 Å². The minimum atomic E-state index is -3.40. The van der Waals surface area contributed by atoms with Crippen molar-refractivity contribution >= 4 is 11.8 Å². The summed E-state index contributed by atoms with van der Waals surface area (Å²) in [6, 6.07) is 0. The summed E-state index contributed by atoms with van der Waals surface area (Å²) in [7, 11) is 0.900. The lowest BCUT2D eigenvalue weighted by molar-refractivity contribution is -0.392. The maximum Gasteiger partial charge on any atom is 0.400 e. The van der Waals surface area contributed by atoms with Crippen LogP contribution < -0.4 is 0 Å². The number of alkyl halides is 2. The lowest BCUT2D eigenvalue weighted by Crippen LogP contribution is -2.11. The van der Waals surface area contributed by atoms with Gasteiger partial charge >= 0.3 is 11.8 Å². The van der Waals surface area contributed by atoms with E-state index < -0.39 is 40.1 Å². The number of methoxy groups -OCH3 is 1. The second-order valence-corrected chi connectivity index (χ2v) is 2.77. The number of nitro groups is 1. The molecular formula is C8H5F3N2O4. The van der Waals surface area contributed by atoms with Gasteiger partial charge in [0.25, 0.3) is 6.43 Å². The molecular weight excluding hydrogens is 245 g/mol. The normalized spacial score (nSPS) is 10.4. The third-order valence-corrected chi connectivity index (χ3v) is 1.84. The summed E-state index contributed by atoms with van der Waals surface area (Å²) in [5, 5.41) is 10.3. The van der Waals surface area contributed by atoms with Crippen molar-refractivity contribution in [3.63, 3.8) is 0 Å². The molecule has 0 saturated carbocycles. The van der Waals surface area contributed by atoms with E-state index in [-0.39, 0.29) is 0 Å². The van der Waals surface area contributed by atoms with Gasteiger partial charge in [-0.2, -0.15) is 4.39 Å². The molecule has 6 nitrogen and oxygen atoms in total. The fourth-order valence-electron chi connectivity index (χ4n) is 1.10. The van der Waals surface area contributed by atoms with Crippen LogP contribution in [0, 0.1) is 15.9 Å². The Morgan fingerprint density at radius 2 is 2.18 bits per heavy atom. The first kappa shape index (κ1) is 12.9. The Morgan fingerprint density at radius 1 is 1.59 bits per heavy atom. The number of carbonyl (C=O) groups excluding carboxylic acids is 1. The van der Waals surface area contributed by atoms with Crippen molar-refractivity contribution in [2.24, 2.45) is 0 Å². The van der Waals surface area contributed by atoms with E-state index in [1.807, 2.05) is 0 Å². The standard InChI is InChI=1S/C8H5F3N2O4/c1-17-8(14)3-2-12-7(13(15)16)5(9)4(3)6(10)11/h2,6H,1H3. The number of carbonyl (C=O) groups is 1. The Morgan fingerprint density at radius 3 is 2.59 bits per heavy atom. The van der Waals surface area contributed by atoms with Crippen molar-refractivity contribution in [1.82, 2.24) is 4.98 Å². The van der Waals surface area contributed by atoms with Crippen LogP contribution in [0.5, 0.6) is 0 Å². The molecule has 0 atom stereocenters. The van der Waals surface area contributed by atoms with Crippen LogP contribution in [-0.4, -0.2) is 23.0 Å². The molecule has 92 valence electrons.